The zero-order valence-electron chi connectivity index (χ0n) is 21.4. The van der Waals surface area contributed by atoms with E-state index in [1.165, 1.54) is 32.5 Å². The second-order valence-electron chi connectivity index (χ2n) is 9.57. The summed E-state index contributed by atoms with van der Waals surface area (Å²) in [5.74, 6) is -0.160. The van der Waals surface area contributed by atoms with Gasteiger partial charge < -0.3 is 10.1 Å². The molecule has 0 unspecified atom stereocenters. The summed E-state index contributed by atoms with van der Waals surface area (Å²) in [6.07, 6.45) is -3.35. The Labute approximate surface area is 221 Å². The first kappa shape index (κ1) is 26.2. The normalized spacial score (nSPS) is 15.0. The van der Waals surface area contributed by atoms with E-state index in [1.807, 2.05) is 0 Å². The number of hydrogen-bond acceptors (Lipinski definition) is 8. The number of likely N-dealkylation sites (N-methyl/N-ethyl adjacent to an activating group) is 1. The Morgan fingerprint density at radius 2 is 1.82 bits per heavy atom. The predicted molar refractivity (Wildman–Crippen MR) is 136 cm³/mol. The number of imide groups is 1. The van der Waals surface area contributed by atoms with Gasteiger partial charge in [-0.3, -0.25) is 19.5 Å². The molecule has 0 spiro atoms. The van der Waals surface area contributed by atoms with E-state index in [9.17, 15) is 22.8 Å². The zero-order valence-corrected chi connectivity index (χ0v) is 21.4. The fourth-order valence-electron chi connectivity index (χ4n) is 4.60. The van der Waals surface area contributed by atoms with Gasteiger partial charge in [0.2, 0.25) is 5.91 Å². The van der Waals surface area contributed by atoms with Crippen molar-refractivity contribution in [1.82, 2.24) is 24.8 Å². The van der Waals surface area contributed by atoms with E-state index in [1.54, 1.807) is 38.1 Å². The lowest BCUT2D eigenvalue weighted by Crippen LogP contribution is -2.49. The Morgan fingerprint density at radius 1 is 1.05 bits per heavy atom. The second kappa shape index (κ2) is 9.38. The summed E-state index contributed by atoms with van der Waals surface area (Å²) in [5.41, 5.74) is -0.487. The molecule has 200 valence electrons. The molecule has 12 heteroatoms. The van der Waals surface area contributed by atoms with Crippen LogP contribution in [0.1, 0.15) is 41.2 Å². The molecule has 0 atom stereocenters. The molecule has 1 aliphatic rings. The number of pyridine rings is 2. The van der Waals surface area contributed by atoms with Gasteiger partial charge in [0.15, 0.2) is 11.5 Å². The summed E-state index contributed by atoms with van der Waals surface area (Å²) in [4.78, 5) is 43.8. The van der Waals surface area contributed by atoms with Crippen LogP contribution in [0.3, 0.4) is 0 Å². The van der Waals surface area contributed by atoms with Crippen molar-refractivity contribution >= 4 is 34.4 Å². The molecular weight excluding hydrogens is 513 g/mol. The Hall–Kier alpha value is -4.45. The number of methoxy groups -OCH3 is 1. The van der Waals surface area contributed by atoms with Crippen molar-refractivity contribution < 1.29 is 27.5 Å². The van der Waals surface area contributed by atoms with Crippen molar-refractivity contribution in [3.05, 3.63) is 71.2 Å². The number of aromatic nitrogens is 4. The van der Waals surface area contributed by atoms with Gasteiger partial charge in [0.1, 0.15) is 18.1 Å². The van der Waals surface area contributed by atoms with Crippen LogP contribution >= 0.6 is 0 Å². The Kier molecular flexibility index (Phi) is 6.30. The molecule has 4 aromatic rings. The van der Waals surface area contributed by atoms with Gasteiger partial charge in [-0.05, 0) is 55.8 Å². The van der Waals surface area contributed by atoms with Crippen molar-refractivity contribution in [2.45, 2.75) is 32.0 Å². The number of benzene rings is 1. The van der Waals surface area contributed by atoms with Gasteiger partial charge in [-0.25, -0.2) is 15.0 Å². The van der Waals surface area contributed by atoms with E-state index in [4.69, 9.17) is 4.74 Å². The summed E-state index contributed by atoms with van der Waals surface area (Å²) in [7, 11) is 2.90. The second-order valence-corrected chi connectivity index (χ2v) is 9.57. The standard InChI is InChI=1S/C27H23F3N6O3/c1-26(2)17-9-7-14(12-16(17)24(37)36(3)25(26)38)32-22-15-8-10-19(33-23(15)35-20(34-22)13-39-4)21-18(27(28,29)30)6-5-11-31-21/h5-12H,13H2,1-4H3,(H,32,33,34,35). The van der Waals surface area contributed by atoms with Gasteiger partial charge in [-0.15, -0.1) is 0 Å². The predicted octanol–water partition coefficient (Wildman–Crippen LogP) is 4.89. The number of fused-ring (bicyclic) bond motifs is 2. The molecule has 0 aliphatic carbocycles. The van der Waals surface area contributed by atoms with Crippen LogP contribution < -0.4 is 5.32 Å². The molecule has 0 bridgehead atoms. The highest BCUT2D eigenvalue weighted by Gasteiger charge is 2.42. The molecular formula is C27H23F3N6O3. The van der Waals surface area contributed by atoms with E-state index < -0.39 is 23.1 Å². The maximum absolute atomic E-state index is 13.6. The number of amides is 2. The molecule has 1 N–H and O–H groups in total. The molecule has 0 radical (unpaired) electrons. The lowest BCUT2D eigenvalue weighted by molar-refractivity contribution is -0.137. The minimum atomic E-state index is -4.61. The highest BCUT2D eigenvalue weighted by molar-refractivity contribution is 6.13. The molecule has 1 aliphatic heterocycles. The fraction of sp³-hybridized carbons (Fsp3) is 0.259. The summed E-state index contributed by atoms with van der Waals surface area (Å²) in [5, 5.41) is 3.60. The number of halogens is 3. The average Bonchev–Trinajstić information content (AvgIpc) is 2.90. The lowest BCUT2D eigenvalue weighted by atomic mass is 9.77. The van der Waals surface area contributed by atoms with E-state index in [0.29, 0.717) is 28.0 Å². The molecule has 9 nitrogen and oxygen atoms in total. The van der Waals surface area contributed by atoms with Crippen molar-refractivity contribution in [3.8, 4) is 11.4 Å². The molecule has 0 fully saturated rings. The SMILES string of the molecule is COCc1nc(Nc2ccc3c(c2)C(=O)N(C)C(=O)C3(C)C)c2ccc(-c3ncccc3C(F)(F)F)nc2n1. The van der Waals surface area contributed by atoms with Crippen molar-refractivity contribution in [3.63, 3.8) is 0 Å². The first-order chi connectivity index (χ1) is 18.4. The van der Waals surface area contributed by atoms with Crippen molar-refractivity contribution in [1.29, 1.82) is 0 Å². The number of carbonyl (C=O) groups is 2. The van der Waals surface area contributed by atoms with E-state index in [-0.39, 0.29) is 35.4 Å². The number of rotatable bonds is 5. The number of anilines is 2. The van der Waals surface area contributed by atoms with Gasteiger partial charge in [0, 0.05) is 31.6 Å². The molecule has 4 heterocycles. The molecule has 2 amide bonds. The van der Waals surface area contributed by atoms with Crippen LogP contribution in [0, 0.1) is 0 Å². The van der Waals surface area contributed by atoms with Gasteiger partial charge in [-0.2, -0.15) is 13.2 Å². The largest absolute Gasteiger partial charge is 0.418 e. The number of ether oxygens (including phenoxy) is 1. The third kappa shape index (κ3) is 4.56. The molecule has 0 saturated heterocycles. The Bertz CT molecular complexity index is 1640. The number of nitrogens with one attached hydrogen (secondary N) is 1. The molecule has 3 aromatic heterocycles. The van der Waals surface area contributed by atoms with Crippen LogP contribution in [0.4, 0.5) is 24.7 Å². The van der Waals surface area contributed by atoms with Crippen LogP contribution in [0.25, 0.3) is 22.4 Å². The highest BCUT2D eigenvalue weighted by atomic mass is 19.4. The zero-order chi connectivity index (χ0) is 28.1. The van der Waals surface area contributed by atoms with Crippen molar-refractivity contribution in [2.24, 2.45) is 0 Å². The minimum Gasteiger partial charge on any atom is -0.377 e. The smallest absolute Gasteiger partial charge is 0.377 e. The summed E-state index contributed by atoms with van der Waals surface area (Å²) in [6.45, 7) is 3.54. The van der Waals surface area contributed by atoms with Crippen LogP contribution in [0.5, 0.6) is 0 Å². The number of hydrogen-bond donors (Lipinski definition) is 1. The third-order valence-electron chi connectivity index (χ3n) is 6.57. The maximum atomic E-state index is 13.6. The summed E-state index contributed by atoms with van der Waals surface area (Å²) >= 11 is 0. The van der Waals surface area contributed by atoms with Crippen LogP contribution in [-0.4, -0.2) is 50.8 Å². The first-order valence-electron chi connectivity index (χ1n) is 11.8. The van der Waals surface area contributed by atoms with E-state index in [2.05, 4.69) is 25.3 Å². The average molecular weight is 537 g/mol. The number of nitrogens with zero attached hydrogens (tertiary/aromatic N) is 5. The lowest BCUT2D eigenvalue weighted by Gasteiger charge is -2.35. The summed E-state index contributed by atoms with van der Waals surface area (Å²) in [6, 6.07) is 10.2. The Morgan fingerprint density at radius 3 is 2.54 bits per heavy atom. The topological polar surface area (TPSA) is 110 Å². The molecule has 1 aromatic carbocycles. The van der Waals surface area contributed by atoms with Crippen LogP contribution in [0.2, 0.25) is 0 Å². The van der Waals surface area contributed by atoms with Gasteiger partial charge >= 0.3 is 6.18 Å². The summed E-state index contributed by atoms with van der Waals surface area (Å²) < 4.78 is 46.0. The van der Waals surface area contributed by atoms with Crippen LogP contribution in [0.15, 0.2) is 48.7 Å². The number of alkyl halides is 3. The van der Waals surface area contributed by atoms with Gasteiger partial charge in [0.05, 0.1) is 22.1 Å². The van der Waals surface area contributed by atoms with E-state index in [0.717, 1.165) is 11.0 Å². The first-order valence-corrected chi connectivity index (χ1v) is 11.8. The minimum absolute atomic E-state index is 0.00208. The van der Waals surface area contributed by atoms with Gasteiger partial charge in [-0.1, -0.05) is 6.07 Å². The van der Waals surface area contributed by atoms with Crippen molar-refractivity contribution in [2.75, 3.05) is 19.5 Å². The maximum Gasteiger partial charge on any atom is 0.418 e. The molecule has 0 saturated carbocycles. The fourth-order valence-corrected chi connectivity index (χ4v) is 4.60. The highest BCUT2D eigenvalue weighted by Crippen LogP contribution is 2.37. The van der Waals surface area contributed by atoms with Gasteiger partial charge in [0.25, 0.3) is 5.91 Å². The van der Waals surface area contributed by atoms with Crippen LogP contribution in [-0.2, 0) is 27.7 Å². The molecule has 39 heavy (non-hydrogen) atoms. The quantitative estimate of drug-likeness (QED) is 0.359. The third-order valence-corrected chi connectivity index (χ3v) is 6.57. The Balaban J connectivity index is 1.60. The monoisotopic (exact) mass is 536 g/mol. The van der Waals surface area contributed by atoms with E-state index >= 15 is 0 Å². The molecule has 5 rings (SSSR count). The number of carbonyl (C=O) groups excluding carboxylic acids is 2.